The monoisotopic (exact) mass is 539 g/mol. The molecule has 0 radical (unpaired) electrons. The predicted molar refractivity (Wildman–Crippen MR) is 153 cm³/mol. The van der Waals surface area contributed by atoms with E-state index >= 15 is 0 Å². The van der Waals surface area contributed by atoms with E-state index in [9.17, 15) is 14.4 Å². The van der Waals surface area contributed by atoms with Crippen LogP contribution in [0, 0.1) is 20.8 Å². The summed E-state index contributed by atoms with van der Waals surface area (Å²) in [5, 5.41) is 0.543. The van der Waals surface area contributed by atoms with Crippen molar-refractivity contribution in [1.82, 2.24) is 4.57 Å². The van der Waals surface area contributed by atoms with Crippen LogP contribution in [0.4, 0.5) is 16.2 Å². The first-order valence-electron chi connectivity index (χ1n) is 12.3. The zero-order valence-corrected chi connectivity index (χ0v) is 22.7. The summed E-state index contributed by atoms with van der Waals surface area (Å²) < 4.78 is 7.50. The highest BCUT2D eigenvalue weighted by Crippen LogP contribution is 2.33. The number of barbiturate groups is 1. The van der Waals surface area contributed by atoms with Crippen LogP contribution in [0.1, 0.15) is 22.5 Å². The molecule has 1 aliphatic heterocycles. The van der Waals surface area contributed by atoms with Gasteiger partial charge in [0.25, 0.3) is 11.8 Å². The minimum atomic E-state index is -0.730. The zero-order chi connectivity index (χ0) is 27.8. The van der Waals surface area contributed by atoms with Crippen molar-refractivity contribution in [1.29, 1.82) is 0 Å². The summed E-state index contributed by atoms with van der Waals surface area (Å²) in [7, 11) is 1.58. The largest absolute Gasteiger partial charge is 0.495 e. The number of imide groups is 2. The first-order chi connectivity index (χ1) is 18.7. The molecule has 1 aromatic heterocycles. The minimum absolute atomic E-state index is 0.127. The number of urea groups is 1. The van der Waals surface area contributed by atoms with E-state index in [1.54, 1.807) is 73.8 Å². The molecule has 39 heavy (non-hydrogen) atoms. The molecule has 1 aliphatic rings. The number of aromatic nitrogens is 1. The van der Waals surface area contributed by atoms with Crippen LogP contribution in [-0.4, -0.2) is 29.5 Å². The van der Waals surface area contributed by atoms with Gasteiger partial charge in [0.05, 0.1) is 24.2 Å². The van der Waals surface area contributed by atoms with Crippen LogP contribution >= 0.6 is 11.6 Å². The number of ether oxygens (including phenoxy) is 1. The standard InChI is InChI=1S/C31H26ClN3O4/c1-19-10-13-25(14-11-19)35-30(37)26(29(36)34(31(35)38)24-8-6-5-7-9-24)17-22-16-20(2)33(21(22)3)27-18-23(32)12-15-28(27)39-4/h5-18H,1-4H3/b26-17+. The lowest BCUT2D eigenvalue weighted by Crippen LogP contribution is -2.57. The number of hydrogen-bond donors (Lipinski definition) is 0. The Balaban J connectivity index is 1.67. The summed E-state index contributed by atoms with van der Waals surface area (Å²) in [6.45, 7) is 5.72. The SMILES string of the molecule is COc1ccc(Cl)cc1-n1c(C)cc(/C=C2\C(=O)N(c3ccccc3)C(=O)N(c3ccc(C)cc3)C2=O)c1C. The molecular formula is C31H26ClN3O4. The predicted octanol–water partition coefficient (Wildman–Crippen LogP) is 6.65. The fourth-order valence-corrected chi connectivity index (χ4v) is 4.92. The Bertz CT molecular complexity index is 1640. The summed E-state index contributed by atoms with van der Waals surface area (Å²) in [5.41, 5.74) is 4.60. The molecule has 0 N–H and O–H groups in total. The number of rotatable bonds is 5. The van der Waals surface area contributed by atoms with Gasteiger partial charge in [0.1, 0.15) is 11.3 Å². The fraction of sp³-hybridized carbons (Fsp3) is 0.129. The fourth-order valence-electron chi connectivity index (χ4n) is 4.75. The first kappa shape index (κ1) is 26.0. The molecule has 1 fully saturated rings. The Hall–Kier alpha value is -4.62. The van der Waals surface area contributed by atoms with Crippen molar-refractivity contribution < 1.29 is 19.1 Å². The molecule has 4 amide bonds. The zero-order valence-electron chi connectivity index (χ0n) is 21.9. The summed E-state index contributed by atoms with van der Waals surface area (Å²) in [4.78, 5) is 43.2. The van der Waals surface area contributed by atoms with Crippen molar-refractivity contribution >= 4 is 46.9 Å². The second kappa shape index (κ2) is 10.3. The van der Waals surface area contributed by atoms with Gasteiger partial charge in [-0.2, -0.15) is 0 Å². The van der Waals surface area contributed by atoms with Gasteiger partial charge >= 0.3 is 6.03 Å². The van der Waals surface area contributed by atoms with Crippen LogP contribution < -0.4 is 14.5 Å². The van der Waals surface area contributed by atoms with Crippen molar-refractivity contribution in [2.24, 2.45) is 0 Å². The molecule has 0 unspecified atom stereocenters. The van der Waals surface area contributed by atoms with Crippen molar-refractivity contribution in [2.45, 2.75) is 20.8 Å². The van der Waals surface area contributed by atoms with Crippen molar-refractivity contribution in [2.75, 3.05) is 16.9 Å². The van der Waals surface area contributed by atoms with Gasteiger partial charge in [0, 0.05) is 16.4 Å². The number of anilines is 2. The van der Waals surface area contributed by atoms with Gasteiger partial charge in [-0.3, -0.25) is 9.59 Å². The quantitative estimate of drug-likeness (QED) is 0.210. The summed E-state index contributed by atoms with van der Waals surface area (Å²) in [5.74, 6) is -0.757. The third-order valence-electron chi connectivity index (χ3n) is 6.71. The average molecular weight is 540 g/mol. The normalized spacial score (nSPS) is 14.9. The molecule has 4 aromatic rings. The molecule has 8 heteroatoms. The van der Waals surface area contributed by atoms with Gasteiger partial charge in [-0.15, -0.1) is 0 Å². The Kier molecular flexibility index (Phi) is 6.85. The molecule has 0 aliphatic carbocycles. The van der Waals surface area contributed by atoms with E-state index in [1.807, 2.05) is 43.5 Å². The Morgan fingerprint density at radius 3 is 2.00 bits per heavy atom. The van der Waals surface area contributed by atoms with E-state index in [-0.39, 0.29) is 5.57 Å². The molecule has 0 atom stereocenters. The number of carbonyl (C=O) groups excluding carboxylic acids is 3. The number of halogens is 1. The highest BCUT2D eigenvalue weighted by atomic mass is 35.5. The number of amides is 4. The van der Waals surface area contributed by atoms with Gasteiger partial charge in [0.2, 0.25) is 0 Å². The number of carbonyl (C=O) groups is 3. The lowest BCUT2D eigenvalue weighted by Gasteiger charge is -2.34. The molecule has 1 saturated heterocycles. The minimum Gasteiger partial charge on any atom is -0.495 e. The maximum atomic E-state index is 13.8. The van der Waals surface area contributed by atoms with Crippen LogP contribution in [0.2, 0.25) is 5.02 Å². The van der Waals surface area contributed by atoms with Crippen molar-refractivity contribution in [3.8, 4) is 11.4 Å². The van der Waals surface area contributed by atoms with Gasteiger partial charge < -0.3 is 9.30 Å². The Morgan fingerprint density at radius 1 is 0.769 bits per heavy atom. The molecule has 5 rings (SSSR count). The average Bonchev–Trinajstić information content (AvgIpc) is 3.20. The van der Waals surface area contributed by atoms with Crippen molar-refractivity contribution in [3.63, 3.8) is 0 Å². The lowest BCUT2D eigenvalue weighted by atomic mass is 10.0. The smallest absolute Gasteiger partial charge is 0.343 e. The number of methoxy groups -OCH3 is 1. The maximum Gasteiger partial charge on any atom is 0.343 e. The van der Waals surface area contributed by atoms with Crippen LogP contribution in [0.25, 0.3) is 11.8 Å². The maximum absolute atomic E-state index is 13.8. The Morgan fingerprint density at radius 2 is 1.38 bits per heavy atom. The molecule has 196 valence electrons. The molecule has 0 spiro atoms. The number of para-hydroxylation sites is 1. The number of nitrogens with zero attached hydrogens (tertiary/aromatic N) is 3. The van der Waals surface area contributed by atoms with E-state index in [2.05, 4.69) is 0 Å². The topological polar surface area (TPSA) is 71.8 Å². The lowest BCUT2D eigenvalue weighted by molar-refractivity contribution is -0.121. The molecule has 2 heterocycles. The van der Waals surface area contributed by atoms with Crippen LogP contribution in [-0.2, 0) is 9.59 Å². The highest BCUT2D eigenvalue weighted by molar-refractivity contribution is 6.46. The summed E-state index contributed by atoms with van der Waals surface area (Å²) >= 11 is 6.29. The third-order valence-corrected chi connectivity index (χ3v) is 6.94. The van der Waals surface area contributed by atoms with Gasteiger partial charge in [-0.05, 0) is 80.9 Å². The molecule has 3 aromatic carbocycles. The van der Waals surface area contributed by atoms with Crippen molar-refractivity contribution in [3.05, 3.63) is 112 Å². The van der Waals surface area contributed by atoms with Crippen LogP contribution in [0.5, 0.6) is 5.75 Å². The van der Waals surface area contributed by atoms with Gasteiger partial charge in [0.15, 0.2) is 0 Å². The van der Waals surface area contributed by atoms with E-state index in [0.29, 0.717) is 27.7 Å². The number of hydrogen-bond acceptors (Lipinski definition) is 4. The second-order valence-electron chi connectivity index (χ2n) is 9.27. The van der Waals surface area contributed by atoms with Crippen LogP contribution in [0.3, 0.4) is 0 Å². The number of aryl methyl sites for hydroxylation is 2. The molecule has 0 saturated carbocycles. The van der Waals surface area contributed by atoms with E-state index < -0.39 is 17.8 Å². The van der Waals surface area contributed by atoms with Gasteiger partial charge in [-0.25, -0.2) is 14.6 Å². The molecule has 7 nitrogen and oxygen atoms in total. The molecule has 0 bridgehead atoms. The van der Waals surface area contributed by atoms with Gasteiger partial charge in [-0.1, -0.05) is 47.5 Å². The van der Waals surface area contributed by atoms with E-state index in [1.165, 1.54) is 0 Å². The summed E-state index contributed by atoms with van der Waals surface area (Å²) in [6.07, 6.45) is 1.55. The molecular weight excluding hydrogens is 514 g/mol. The van der Waals surface area contributed by atoms with E-state index in [4.69, 9.17) is 16.3 Å². The van der Waals surface area contributed by atoms with Crippen LogP contribution in [0.15, 0.2) is 84.4 Å². The highest BCUT2D eigenvalue weighted by Gasteiger charge is 2.43. The summed E-state index contributed by atoms with van der Waals surface area (Å²) in [6, 6.07) is 22.1. The van der Waals surface area contributed by atoms with E-state index in [0.717, 1.165) is 32.4 Å². The number of benzene rings is 3. The first-order valence-corrected chi connectivity index (χ1v) is 12.7. The Labute approximate surface area is 231 Å². The second-order valence-corrected chi connectivity index (χ2v) is 9.71. The third kappa shape index (κ3) is 4.62.